The van der Waals surface area contributed by atoms with E-state index in [1.165, 1.54) is 0 Å². The third-order valence-corrected chi connectivity index (χ3v) is 0.167. The summed E-state index contributed by atoms with van der Waals surface area (Å²) in [7, 11) is -2.87. The summed E-state index contributed by atoms with van der Waals surface area (Å²) in [5.41, 5.74) is 9.81. The third kappa shape index (κ3) is 183000. The fourth-order valence-electron chi connectivity index (χ4n) is 0. The molecule has 0 rings (SSSR count). The van der Waals surface area contributed by atoms with Crippen molar-refractivity contribution in [3.63, 3.8) is 0 Å². The average Bonchev–Trinajstić information content (AvgIpc) is 2.38. The fraction of sp³-hybridized carbons (Fsp3) is 0.200. The van der Waals surface area contributed by atoms with Gasteiger partial charge in [-0.25, -0.2) is 0 Å². The Hall–Kier alpha value is -1.10. The Morgan fingerprint density at radius 2 is 0.812 bits per heavy atom. The van der Waals surface area contributed by atoms with Crippen LogP contribution in [0.2, 0.25) is 0 Å². The summed E-state index contributed by atoms with van der Waals surface area (Å²) >= 11 is 0. The molecule has 0 aromatic carbocycles. The molecule has 0 fully saturated rings. The summed E-state index contributed by atoms with van der Waals surface area (Å²) in [4.78, 5) is 14.2. The van der Waals surface area contributed by atoms with Crippen LogP contribution in [-0.4, -0.2) is 22.9 Å². The Bertz CT molecular complexity index is 92.1. The second kappa shape index (κ2) is 152. The van der Waals surface area contributed by atoms with Gasteiger partial charge < -0.3 is 11.5 Å². The quantitative estimate of drug-likeness (QED) is 0.420. The minimum atomic E-state index is -2.87. The topological polar surface area (TPSA) is 110 Å². The maximum Gasteiger partial charge on any atom is 0.692 e. The van der Waals surface area contributed by atoms with E-state index in [0.29, 0.717) is 13.1 Å². The molecule has 0 aromatic rings. The first-order chi connectivity index (χ1) is 7.65. The van der Waals surface area contributed by atoms with Crippen LogP contribution in [0.4, 0.5) is 0 Å². The highest BCUT2D eigenvalue weighted by atomic mass is 31.1. The number of hydrogen-bond acceptors (Lipinski definition) is 3. The summed E-state index contributed by atoms with van der Waals surface area (Å²) < 4.78 is 8.70. The molecule has 0 aliphatic heterocycles. The maximum absolute atomic E-state index is 8.70. The Kier molecular flexibility index (Phi) is 345. The van der Waals surface area contributed by atoms with Crippen LogP contribution < -0.4 is 11.5 Å². The smallest absolute Gasteiger partial charge is 0.329 e. The van der Waals surface area contributed by atoms with Gasteiger partial charge in [-0.3, -0.25) is 0 Å². The highest BCUT2D eigenvalue weighted by molar-refractivity contribution is 7.30. The summed E-state index contributed by atoms with van der Waals surface area (Å²) in [6.45, 7) is 25.2. The zero-order chi connectivity index (χ0) is 15.0. The second-order valence-corrected chi connectivity index (χ2v) is 1.34. The van der Waals surface area contributed by atoms with Gasteiger partial charge in [0.2, 0.25) is 0 Å². The molecular formula is C10H26N2O3P+. The molecule has 0 aromatic heterocycles. The molecule has 0 aliphatic carbocycles. The molecule has 0 radical (unpaired) electrons. The van der Waals surface area contributed by atoms with Crippen LogP contribution in [0.3, 0.4) is 0 Å². The van der Waals surface area contributed by atoms with Gasteiger partial charge >= 0.3 is 8.25 Å². The molecule has 0 unspecified atom stereocenters. The van der Waals surface area contributed by atoms with E-state index in [9.17, 15) is 0 Å². The molecule has 6 N–H and O–H groups in total. The molecule has 6 heteroatoms. The molecule has 98 valence electrons. The third-order valence-electron chi connectivity index (χ3n) is 0.167. The molecule has 0 saturated heterocycles. The lowest BCUT2D eigenvalue weighted by atomic mass is 10.7. The van der Waals surface area contributed by atoms with E-state index in [-0.39, 0.29) is 0 Å². The van der Waals surface area contributed by atoms with Crippen molar-refractivity contribution in [2.75, 3.05) is 13.1 Å². The van der Waals surface area contributed by atoms with Gasteiger partial charge in [0.25, 0.3) is 0 Å². The Labute approximate surface area is 100 Å². The number of rotatable bonds is 1. The predicted octanol–water partition coefficient (Wildman–Crippen LogP) is 1.74. The standard InChI is InChI=1S/C2H8N2.4C2H4.HO3P/c3-1-2-4;4*1-2;1-4(2)3/h1-4H2;4*1-2H2;(H-,1,2,3)/p+1. The normalized spacial score (nSPS) is 4.50. The Morgan fingerprint density at radius 1 is 0.750 bits per heavy atom. The van der Waals surface area contributed by atoms with E-state index >= 15 is 0 Å². The fourth-order valence-corrected chi connectivity index (χ4v) is 0. The summed E-state index contributed by atoms with van der Waals surface area (Å²) in [6.07, 6.45) is 0. The van der Waals surface area contributed by atoms with Crippen LogP contribution in [-0.2, 0) is 4.57 Å². The Balaban J connectivity index is -0.0000000196. The van der Waals surface area contributed by atoms with Crippen LogP contribution in [0.15, 0.2) is 52.6 Å². The molecule has 0 bridgehead atoms. The first-order valence-corrected chi connectivity index (χ1v) is 5.06. The molecule has 0 amide bonds. The van der Waals surface area contributed by atoms with Crippen molar-refractivity contribution in [3.8, 4) is 0 Å². The highest BCUT2D eigenvalue weighted by Crippen LogP contribution is 1.98. The Morgan fingerprint density at radius 3 is 0.812 bits per heavy atom. The van der Waals surface area contributed by atoms with Crippen molar-refractivity contribution in [3.05, 3.63) is 52.6 Å². The van der Waals surface area contributed by atoms with Crippen LogP contribution in [0.1, 0.15) is 0 Å². The molecule has 0 aliphatic rings. The van der Waals surface area contributed by atoms with Gasteiger partial charge in [-0.15, -0.1) is 62.4 Å². The van der Waals surface area contributed by atoms with Crippen molar-refractivity contribution in [2.45, 2.75) is 0 Å². The second-order valence-electron chi connectivity index (χ2n) is 0.830. The van der Waals surface area contributed by atoms with Crippen LogP contribution >= 0.6 is 8.25 Å². The molecule has 0 atom stereocenters. The van der Waals surface area contributed by atoms with Gasteiger partial charge in [-0.1, -0.05) is 0 Å². The van der Waals surface area contributed by atoms with Gasteiger partial charge in [0, 0.05) is 17.7 Å². The van der Waals surface area contributed by atoms with Crippen LogP contribution in [0.5, 0.6) is 0 Å². The lowest BCUT2D eigenvalue weighted by Crippen LogP contribution is -2.11. The first kappa shape index (κ1) is 36.3. The van der Waals surface area contributed by atoms with E-state index in [4.69, 9.17) is 25.8 Å². The summed E-state index contributed by atoms with van der Waals surface area (Å²) in [6, 6.07) is 0. The molecule has 0 spiro atoms. The zero-order valence-electron chi connectivity index (χ0n) is 9.98. The monoisotopic (exact) mass is 253 g/mol. The SMILES string of the molecule is C=C.C=C.C=C.C=C.NCCN.O=[P+](O)O. The van der Waals surface area contributed by atoms with E-state index in [2.05, 4.69) is 52.6 Å². The number of hydrogen-bond donors (Lipinski definition) is 4. The van der Waals surface area contributed by atoms with Gasteiger partial charge in [0.1, 0.15) is 0 Å². The molecule has 16 heavy (non-hydrogen) atoms. The first-order valence-electron chi connectivity index (χ1n) is 3.90. The van der Waals surface area contributed by atoms with Crippen molar-refractivity contribution < 1.29 is 14.4 Å². The predicted molar refractivity (Wildman–Crippen MR) is 75.2 cm³/mol. The highest BCUT2D eigenvalue weighted by Gasteiger charge is 1.93. The summed E-state index contributed by atoms with van der Waals surface area (Å²) in [5.74, 6) is 0. The minimum absolute atomic E-state index is 0.597. The zero-order valence-corrected chi connectivity index (χ0v) is 10.9. The minimum Gasteiger partial charge on any atom is -0.329 e. The van der Waals surface area contributed by atoms with Gasteiger partial charge in [-0.05, 0) is 0 Å². The van der Waals surface area contributed by atoms with E-state index < -0.39 is 8.25 Å². The van der Waals surface area contributed by atoms with Gasteiger partial charge in [0.05, 0.1) is 0 Å². The van der Waals surface area contributed by atoms with Crippen molar-refractivity contribution in [1.82, 2.24) is 0 Å². The largest absolute Gasteiger partial charge is 0.692 e. The van der Waals surface area contributed by atoms with Gasteiger partial charge in [0.15, 0.2) is 0 Å². The number of nitrogens with two attached hydrogens (primary N) is 2. The maximum atomic E-state index is 8.70. The van der Waals surface area contributed by atoms with Crippen LogP contribution in [0.25, 0.3) is 0 Å². The van der Waals surface area contributed by atoms with Crippen molar-refractivity contribution in [1.29, 1.82) is 0 Å². The van der Waals surface area contributed by atoms with Crippen LogP contribution in [0, 0.1) is 0 Å². The van der Waals surface area contributed by atoms with Crippen molar-refractivity contribution in [2.24, 2.45) is 11.5 Å². The molecular weight excluding hydrogens is 227 g/mol. The van der Waals surface area contributed by atoms with Crippen molar-refractivity contribution >= 4 is 8.25 Å². The van der Waals surface area contributed by atoms with E-state index in [1.807, 2.05) is 0 Å². The molecule has 5 nitrogen and oxygen atoms in total. The average molecular weight is 253 g/mol. The van der Waals surface area contributed by atoms with E-state index in [1.54, 1.807) is 0 Å². The summed E-state index contributed by atoms with van der Waals surface area (Å²) in [5, 5.41) is 0. The molecule has 0 heterocycles. The van der Waals surface area contributed by atoms with E-state index in [0.717, 1.165) is 0 Å². The lowest BCUT2D eigenvalue weighted by Gasteiger charge is -1.72. The lowest BCUT2D eigenvalue weighted by molar-refractivity contribution is 0.405. The van der Waals surface area contributed by atoms with Gasteiger partial charge in [-0.2, -0.15) is 0 Å². The molecule has 0 saturated carbocycles.